The summed E-state index contributed by atoms with van der Waals surface area (Å²) < 4.78 is 5.95. The van der Waals surface area contributed by atoms with Crippen LogP contribution in [0.5, 0.6) is 0 Å². The molecule has 0 saturated carbocycles. The number of aromatic nitrogens is 2. The van der Waals surface area contributed by atoms with E-state index in [0.29, 0.717) is 5.92 Å². The van der Waals surface area contributed by atoms with Crippen molar-refractivity contribution in [1.82, 2.24) is 15.3 Å². The van der Waals surface area contributed by atoms with Gasteiger partial charge in [-0.25, -0.2) is 9.97 Å². The zero-order valence-electron chi connectivity index (χ0n) is 19.2. The van der Waals surface area contributed by atoms with Gasteiger partial charge in [-0.05, 0) is 64.3 Å². The van der Waals surface area contributed by atoms with Crippen LogP contribution in [0.3, 0.4) is 0 Å². The van der Waals surface area contributed by atoms with Crippen LogP contribution < -0.4 is 5.32 Å². The van der Waals surface area contributed by atoms with E-state index in [1.54, 1.807) is 0 Å². The summed E-state index contributed by atoms with van der Waals surface area (Å²) in [4.78, 5) is 9.98. The third-order valence-electron chi connectivity index (χ3n) is 5.05. The lowest BCUT2D eigenvalue weighted by Crippen LogP contribution is -2.40. The van der Waals surface area contributed by atoms with E-state index in [1.165, 1.54) is 5.56 Å². The topological polar surface area (TPSA) is 47.0 Å². The van der Waals surface area contributed by atoms with E-state index in [9.17, 15) is 0 Å². The van der Waals surface area contributed by atoms with Crippen LogP contribution >= 0.6 is 0 Å². The summed E-state index contributed by atoms with van der Waals surface area (Å²) in [7, 11) is 0. The predicted octanol–water partition coefficient (Wildman–Crippen LogP) is 5.76. The molecular formula is C26H35N3O. The second-order valence-electron chi connectivity index (χ2n) is 9.15. The molecule has 1 N–H and O–H groups in total. The molecule has 0 spiro atoms. The van der Waals surface area contributed by atoms with Gasteiger partial charge in [0.2, 0.25) is 0 Å². The van der Waals surface area contributed by atoms with Crippen LogP contribution in [-0.2, 0) is 11.2 Å². The van der Waals surface area contributed by atoms with Gasteiger partial charge >= 0.3 is 0 Å². The Kier molecular flexibility index (Phi) is 7.22. The predicted molar refractivity (Wildman–Crippen MR) is 126 cm³/mol. The minimum atomic E-state index is -0.164. The van der Waals surface area contributed by atoms with Gasteiger partial charge in [-0.3, -0.25) is 0 Å². The molecule has 0 amide bonds. The first-order valence-electron chi connectivity index (χ1n) is 11.0. The quantitative estimate of drug-likeness (QED) is 0.460. The molecule has 4 heteroatoms. The van der Waals surface area contributed by atoms with Gasteiger partial charge in [-0.15, -0.1) is 0 Å². The van der Waals surface area contributed by atoms with E-state index in [-0.39, 0.29) is 11.7 Å². The summed E-state index contributed by atoms with van der Waals surface area (Å²) in [5.41, 5.74) is 6.18. The maximum Gasteiger partial charge on any atom is 0.0927 e. The smallest absolute Gasteiger partial charge is 0.0927 e. The molecular weight excluding hydrogens is 370 g/mol. The Balaban J connectivity index is 1.75. The SMILES string of the molecule is CC(C)OC(C)(C)CNCCc1ccc2nc(-c3ccccc3)c(C(C)C)nc2c1. The summed E-state index contributed by atoms with van der Waals surface area (Å²) in [5, 5.41) is 3.53. The van der Waals surface area contributed by atoms with Crippen molar-refractivity contribution < 1.29 is 4.74 Å². The average molecular weight is 406 g/mol. The zero-order chi connectivity index (χ0) is 21.7. The fraction of sp³-hybridized carbons (Fsp3) is 0.462. The van der Waals surface area contributed by atoms with Gasteiger partial charge < -0.3 is 10.1 Å². The van der Waals surface area contributed by atoms with Crippen molar-refractivity contribution in [3.05, 3.63) is 59.8 Å². The fourth-order valence-corrected chi connectivity index (χ4v) is 3.78. The van der Waals surface area contributed by atoms with E-state index >= 15 is 0 Å². The van der Waals surface area contributed by atoms with Crippen LogP contribution in [0.15, 0.2) is 48.5 Å². The van der Waals surface area contributed by atoms with Crippen molar-refractivity contribution in [1.29, 1.82) is 0 Å². The first-order valence-corrected chi connectivity index (χ1v) is 11.0. The van der Waals surface area contributed by atoms with Crippen LogP contribution in [0.2, 0.25) is 0 Å². The maximum absolute atomic E-state index is 5.95. The molecule has 0 saturated heterocycles. The van der Waals surface area contributed by atoms with Gasteiger partial charge in [0, 0.05) is 12.1 Å². The standard InChI is InChI=1S/C26H35N3O/c1-18(2)24-25(21-10-8-7-9-11-21)28-22-13-12-20(16-23(22)29-24)14-15-27-17-26(5,6)30-19(3)4/h7-13,16,18-19,27H,14-15,17H2,1-6H3. The summed E-state index contributed by atoms with van der Waals surface area (Å²) in [6.45, 7) is 14.5. The van der Waals surface area contributed by atoms with Gasteiger partial charge in [0.25, 0.3) is 0 Å². The fourth-order valence-electron chi connectivity index (χ4n) is 3.78. The Labute approximate surface area is 181 Å². The van der Waals surface area contributed by atoms with Gasteiger partial charge in [0.15, 0.2) is 0 Å². The molecule has 0 fully saturated rings. The molecule has 0 aliphatic carbocycles. The minimum Gasteiger partial charge on any atom is -0.372 e. The van der Waals surface area contributed by atoms with E-state index in [4.69, 9.17) is 14.7 Å². The molecule has 0 unspecified atom stereocenters. The Morgan fingerprint density at radius 1 is 0.933 bits per heavy atom. The maximum atomic E-state index is 5.95. The van der Waals surface area contributed by atoms with E-state index in [2.05, 4.69) is 89.3 Å². The molecule has 30 heavy (non-hydrogen) atoms. The van der Waals surface area contributed by atoms with Gasteiger partial charge in [-0.2, -0.15) is 0 Å². The molecule has 1 aromatic heterocycles. The molecule has 0 radical (unpaired) electrons. The van der Waals surface area contributed by atoms with Crippen molar-refractivity contribution in [2.45, 2.75) is 65.6 Å². The highest BCUT2D eigenvalue weighted by Crippen LogP contribution is 2.28. The Morgan fingerprint density at radius 2 is 1.67 bits per heavy atom. The molecule has 0 aliphatic rings. The zero-order valence-corrected chi connectivity index (χ0v) is 19.2. The summed E-state index contributed by atoms with van der Waals surface area (Å²) >= 11 is 0. The Hall–Kier alpha value is -2.30. The van der Waals surface area contributed by atoms with E-state index in [1.807, 2.05) is 6.07 Å². The van der Waals surface area contributed by atoms with Gasteiger partial charge in [0.1, 0.15) is 0 Å². The molecule has 2 aromatic carbocycles. The second kappa shape index (κ2) is 9.67. The first-order chi connectivity index (χ1) is 14.2. The van der Waals surface area contributed by atoms with Crippen LogP contribution in [0.1, 0.15) is 58.7 Å². The number of ether oxygens (including phenoxy) is 1. The summed E-state index contributed by atoms with van der Waals surface area (Å²) in [6, 6.07) is 16.8. The second-order valence-corrected chi connectivity index (χ2v) is 9.15. The van der Waals surface area contributed by atoms with Crippen LogP contribution in [0, 0.1) is 0 Å². The molecule has 160 valence electrons. The highest BCUT2D eigenvalue weighted by molar-refractivity contribution is 5.79. The Bertz CT molecular complexity index is 965. The number of nitrogens with one attached hydrogen (secondary N) is 1. The number of hydrogen-bond donors (Lipinski definition) is 1. The van der Waals surface area contributed by atoms with E-state index < -0.39 is 0 Å². The highest BCUT2D eigenvalue weighted by Gasteiger charge is 2.19. The first kappa shape index (κ1) is 22.4. The number of hydrogen-bond acceptors (Lipinski definition) is 4. The number of fused-ring (bicyclic) bond motifs is 1. The van der Waals surface area contributed by atoms with Gasteiger partial charge in [0.05, 0.1) is 34.1 Å². The van der Waals surface area contributed by atoms with Gasteiger partial charge in [-0.1, -0.05) is 50.2 Å². The highest BCUT2D eigenvalue weighted by atomic mass is 16.5. The Morgan fingerprint density at radius 3 is 2.33 bits per heavy atom. The normalized spacial score (nSPS) is 12.3. The lowest BCUT2D eigenvalue weighted by Gasteiger charge is -2.28. The summed E-state index contributed by atoms with van der Waals surface area (Å²) in [5.74, 6) is 0.311. The van der Waals surface area contributed by atoms with Crippen LogP contribution in [0.25, 0.3) is 22.3 Å². The third-order valence-corrected chi connectivity index (χ3v) is 5.05. The van der Waals surface area contributed by atoms with E-state index in [0.717, 1.165) is 47.5 Å². The van der Waals surface area contributed by atoms with Crippen LogP contribution in [-0.4, -0.2) is 34.8 Å². The molecule has 4 nitrogen and oxygen atoms in total. The number of benzene rings is 2. The average Bonchev–Trinajstić information content (AvgIpc) is 2.69. The number of rotatable bonds is 9. The molecule has 0 aliphatic heterocycles. The lowest BCUT2D eigenvalue weighted by atomic mass is 10.0. The number of nitrogens with zero attached hydrogens (tertiary/aromatic N) is 2. The van der Waals surface area contributed by atoms with Crippen molar-refractivity contribution in [3.8, 4) is 11.3 Å². The van der Waals surface area contributed by atoms with Crippen molar-refractivity contribution in [2.75, 3.05) is 13.1 Å². The van der Waals surface area contributed by atoms with Crippen molar-refractivity contribution >= 4 is 11.0 Å². The molecule has 0 bridgehead atoms. The molecule has 3 rings (SSSR count). The lowest BCUT2D eigenvalue weighted by molar-refractivity contribution is -0.0536. The molecule has 0 atom stereocenters. The minimum absolute atomic E-state index is 0.164. The molecule has 1 heterocycles. The molecule has 3 aromatic rings. The van der Waals surface area contributed by atoms with Crippen molar-refractivity contribution in [3.63, 3.8) is 0 Å². The summed E-state index contributed by atoms with van der Waals surface area (Å²) in [6.07, 6.45) is 1.18. The largest absolute Gasteiger partial charge is 0.372 e. The van der Waals surface area contributed by atoms with Crippen molar-refractivity contribution in [2.24, 2.45) is 0 Å². The monoisotopic (exact) mass is 405 g/mol. The van der Waals surface area contributed by atoms with Crippen LogP contribution in [0.4, 0.5) is 0 Å². The third kappa shape index (κ3) is 5.87.